The van der Waals surface area contributed by atoms with Gasteiger partial charge in [0.05, 0.1) is 0 Å². The zero-order chi connectivity index (χ0) is 28.6. The zero-order valence-corrected chi connectivity index (χ0v) is 24.5. The van der Waals surface area contributed by atoms with Crippen molar-refractivity contribution < 1.29 is 4.42 Å². The molecule has 9 heteroatoms. The monoisotopic (exact) mass is 556 g/mol. The molecular formula is C32H44N8O. The Morgan fingerprint density at radius 1 is 0.634 bits per heavy atom. The molecule has 4 N–H and O–H groups in total. The van der Waals surface area contributed by atoms with Crippen LogP contribution in [0.5, 0.6) is 0 Å². The lowest BCUT2D eigenvalue weighted by Gasteiger charge is -2.32. The number of likely N-dealkylation sites (N-methyl/N-ethyl adjacent to an activating group) is 2. The van der Waals surface area contributed by atoms with Crippen molar-refractivity contribution in [2.24, 2.45) is 0 Å². The molecule has 3 heterocycles. The molecular weight excluding hydrogens is 512 g/mol. The number of hydrogen-bond donors (Lipinski definition) is 4. The van der Waals surface area contributed by atoms with Crippen LogP contribution in [0.15, 0.2) is 65.1 Å². The fourth-order valence-corrected chi connectivity index (χ4v) is 5.33. The summed E-state index contributed by atoms with van der Waals surface area (Å²) in [6.07, 6.45) is 0. The average molecular weight is 557 g/mol. The van der Waals surface area contributed by atoms with Gasteiger partial charge in [-0.3, -0.25) is 20.6 Å². The van der Waals surface area contributed by atoms with Crippen LogP contribution in [-0.2, 0) is 0 Å². The molecule has 9 nitrogen and oxygen atoms in total. The van der Waals surface area contributed by atoms with Gasteiger partial charge in [-0.25, -0.2) is 0 Å². The molecule has 2 aromatic carbocycles. The highest BCUT2D eigenvalue weighted by Gasteiger charge is 2.15. The summed E-state index contributed by atoms with van der Waals surface area (Å²) in [5.74, 6) is 2.38. The van der Waals surface area contributed by atoms with Gasteiger partial charge in [-0.05, 0) is 38.4 Å². The van der Waals surface area contributed by atoms with Gasteiger partial charge >= 0.3 is 0 Å². The van der Waals surface area contributed by atoms with E-state index in [0.717, 1.165) is 112 Å². The van der Waals surface area contributed by atoms with Crippen LogP contribution in [0.1, 0.15) is 11.1 Å². The van der Waals surface area contributed by atoms with E-state index < -0.39 is 0 Å². The number of hydrogen-bond acceptors (Lipinski definition) is 7. The van der Waals surface area contributed by atoms with E-state index in [0.29, 0.717) is 11.7 Å². The molecule has 3 aromatic rings. The maximum absolute atomic E-state index is 8.56. The Balaban J connectivity index is 1.15. The van der Waals surface area contributed by atoms with Crippen LogP contribution in [0.3, 0.4) is 0 Å². The summed E-state index contributed by atoms with van der Waals surface area (Å²) >= 11 is 0. The molecule has 1 aromatic heterocycles. The molecule has 0 amide bonds. The lowest BCUT2D eigenvalue weighted by atomic mass is 10.1. The lowest BCUT2D eigenvalue weighted by molar-refractivity contribution is 0.156. The van der Waals surface area contributed by atoms with Gasteiger partial charge in [-0.2, -0.15) is 0 Å². The normalized spacial score (nSPS) is 17.4. The van der Waals surface area contributed by atoms with Gasteiger partial charge in [0, 0.05) is 101 Å². The molecule has 2 fully saturated rings. The second kappa shape index (κ2) is 13.9. The van der Waals surface area contributed by atoms with Crippen molar-refractivity contribution in [1.29, 1.82) is 10.8 Å². The first kappa shape index (κ1) is 29.0. The summed E-state index contributed by atoms with van der Waals surface area (Å²) in [5.41, 5.74) is 3.57. The number of furan rings is 1. The summed E-state index contributed by atoms with van der Waals surface area (Å²) in [6.45, 7) is 12.1. The SMILES string of the molecule is CN1CCN(CCNC(=N)c2cccc(-c3ccc(-c4cccc(C(=N)NCCN5CCN(C)CC5)c4)o3)c2)CC1. The third-order valence-corrected chi connectivity index (χ3v) is 8.13. The molecule has 2 aliphatic heterocycles. The van der Waals surface area contributed by atoms with Crippen LogP contribution in [0, 0.1) is 10.8 Å². The molecule has 218 valence electrons. The third kappa shape index (κ3) is 8.04. The Morgan fingerprint density at radius 3 is 1.46 bits per heavy atom. The fourth-order valence-electron chi connectivity index (χ4n) is 5.33. The molecule has 0 bridgehead atoms. The minimum atomic E-state index is 0.430. The summed E-state index contributed by atoms with van der Waals surface area (Å²) in [4.78, 5) is 9.60. The van der Waals surface area contributed by atoms with Gasteiger partial charge in [0.15, 0.2) is 0 Å². The van der Waals surface area contributed by atoms with E-state index in [9.17, 15) is 0 Å². The Hall–Kier alpha value is -3.50. The van der Waals surface area contributed by atoms with Gasteiger partial charge in [-0.15, -0.1) is 0 Å². The summed E-state index contributed by atoms with van der Waals surface area (Å²) in [5, 5.41) is 23.7. The van der Waals surface area contributed by atoms with Gasteiger partial charge in [0.1, 0.15) is 23.2 Å². The number of amidine groups is 2. The third-order valence-electron chi connectivity index (χ3n) is 8.13. The molecule has 41 heavy (non-hydrogen) atoms. The first-order chi connectivity index (χ1) is 19.9. The second-order valence-corrected chi connectivity index (χ2v) is 11.2. The van der Waals surface area contributed by atoms with Crippen LogP contribution < -0.4 is 10.6 Å². The number of rotatable bonds is 10. The Bertz CT molecular complexity index is 1210. The van der Waals surface area contributed by atoms with Gasteiger partial charge in [0.25, 0.3) is 0 Å². The van der Waals surface area contributed by atoms with Crippen molar-refractivity contribution in [3.05, 3.63) is 71.8 Å². The maximum Gasteiger partial charge on any atom is 0.134 e. The summed E-state index contributed by atoms with van der Waals surface area (Å²) in [7, 11) is 4.33. The van der Waals surface area contributed by atoms with E-state index in [1.54, 1.807) is 0 Å². The zero-order valence-electron chi connectivity index (χ0n) is 24.5. The first-order valence-electron chi connectivity index (χ1n) is 14.7. The Kier molecular flexibility index (Phi) is 9.84. The second-order valence-electron chi connectivity index (χ2n) is 11.2. The van der Waals surface area contributed by atoms with E-state index in [1.807, 2.05) is 60.7 Å². The molecule has 2 saturated heterocycles. The van der Waals surface area contributed by atoms with Gasteiger partial charge in [-0.1, -0.05) is 36.4 Å². The van der Waals surface area contributed by atoms with Gasteiger partial charge < -0.3 is 24.9 Å². The molecule has 2 aliphatic rings. The first-order valence-corrected chi connectivity index (χ1v) is 14.7. The highest BCUT2D eigenvalue weighted by molar-refractivity contribution is 5.98. The van der Waals surface area contributed by atoms with Crippen LogP contribution in [0.2, 0.25) is 0 Å². The highest BCUT2D eigenvalue weighted by Crippen LogP contribution is 2.29. The average Bonchev–Trinajstić information content (AvgIpc) is 3.50. The fraction of sp³-hybridized carbons (Fsp3) is 0.438. The molecule has 5 rings (SSSR count). The van der Waals surface area contributed by atoms with E-state index >= 15 is 0 Å². The molecule has 0 saturated carbocycles. The van der Waals surface area contributed by atoms with E-state index in [4.69, 9.17) is 15.2 Å². The smallest absolute Gasteiger partial charge is 0.134 e. The van der Waals surface area contributed by atoms with Crippen molar-refractivity contribution in [2.75, 3.05) is 92.6 Å². The van der Waals surface area contributed by atoms with E-state index in [1.165, 1.54) is 0 Å². The van der Waals surface area contributed by atoms with Crippen LogP contribution in [0.4, 0.5) is 0 Å². The molecule has 0 radical (unpaired) electrons. The minimum absolute atomic E-state index is 0.430. The number of benzene rings is 2. The summed E-state index contributed by atoms with van der Waals surface area (Å²) in [6, 6.07) is 19.9. The van der Waals surface area contributed by atoms with Crippen molar-refractivity contribution in [3.63, 3.8) is 0 Å². The Morgan fingerprint density at radius 2 is 1.05 bits per heavy atom. The number of piperazine rings is 2. The number of nitrogens with one attached hydrogen (secondary N) is 4. The molecule has 0 aliphatic carbocycles. The van der Waals surface area contributed by atoms with Crippen molar-refractivity contribution in [1.82, 2.24) is 30.2 Å². The highest BCUT2D eigenvalue weighted by atomic mass is 16.3. The predicted octanol–water partition coefficient (Wildman–Crippen LogP) is 2.94. The van der Waals surface area contributed by atoms with Crippen LogP contribution in [0.25, 0.3) is 22.6 Å². The Labute approximate surface area is 244 Å². The standard InChI is InChI=1S/C32H44N8O/c1-37-15-19-39(20-16-37)13-11-35-31(33)27-7-3-5-25(23-27)29-9-10-30(41-29)26-6-4-8-28(24-26)32(34)36-12-14-40-21-17-38(2)18-22-40/h3-10,23-24H,11-22H2,1-2H3,(H2,33,35)(H2,34,36). The molecule has 0 spiro atoms. The van der Waals surface area contributed by atoms with Crippen molar-refractivity contribution in [2.45, 2.75) is 0 Å². The van der Waals surface area contributed by atoms with Crippen LogP contribution >= 0.6 is 0 Å². The van der Waals surface area contributed by atoms with Crippen molar-refractivity contribution in [3.8, 4) is 22.6 Å². The van der Waals surface area contributed by atoms with E-state index in [-0.39, 0.29) is 0 Å². The van der Waals surface area contributed by atoms with Gasteiger partial charge in [0.2, 0.25) is 0 Å². The lowest BCUT2D eigenvalue weighted by Crippen LogP contribution is -2.46. The molecule has 0 atom stereocenters. The summed E-state index contributed by atoms with van der Waals surface area (Å²) < 4.78 is 6.26. The van der Waals surface area contributed by atoms with Crippen molar-refractivity contribution >= 4 is 11.7 Å². The topological polar surface area (TPSA) is 97.9 Å². The quantitative estimate of drug-likeness (QED) is 0.225. The van der Waals surface area contributed by atoms with E-state index in [2.05, 4.69) is 44.3 Å². The predicted molar refractivity (Wildman–Crippen MR) is 167 cm³/mol. The minimum Gasteiger partial charge on any atom is -0.456 e. The number of nitrogens with zero attached hydrogens (tertiary/aromatic N) is 4. The largest absolute Gasteiger partial charge is 0.456 e. The van der Waals surface area contributed by atoms with Crippen LogP contribution in [-0.4, -0.2) is 124 Å². The molecule has 0 unspecified atom stereocenters. The maximum atomic E-state index is 8.56.